The van der Waals surface area contributed by atoms with Crippen molar-refractivity contribution in [3.63, 3.8) is 0 Å². The molecule has 0 aliphatic heterocycles. The van der Waals surface area contributed by atoms with E-state index in [2.05, 4.69) is 18.2 Å². The normalized spacial score (nSPS) is 19.4. The van der Waals surface area contributed by atoms with Crippen molar-refractivity contribution in [1.82, 2.24) is 0 Å². The van der Waals surface area contributed by atoms with Gasteiger partial charge in [0.2, 0.25) is 0 Å². The highest BCUT2D eigenvalue weighted by atomic mass is 35.5. The van der Waals surface area contributed by atoms with E-state index in [9.17, 15) is 5.11 Å². The van der Waals surface area contributed by atoms with Gasteiger partial charge in [0, 0.05) is 11.5 Å². The molecule has 0 aromatic heterocycles. The van der Waals surface area contributed by atoms with Gasteiger partial charge < -0.3 is 5.11 Å². The Kier molecular flexibility index (Phi) is 4.02. The number of aliphatic hydroxyl groups excluding tert-OH is 1. The van der Waals surface area contributed by atoms with E-state index in [1.807, 2.05) is 18.2 Å². The second-order valence-corrected chi connectivity index (χ2v) is 6.07. The fraction of sp³-hybridized carbons (Fsp3) is 0.294. The zero-order chi connectivity index (χ0) is 14.1. The maximum absolute atomic E-state index is 10.8. The van der Waals surface area contributed by atoms with E-state index in [4.69, 9.17) is 23.2 Å². The number of aliphatic hydroxyl groups is 1. The van der Waals surface area contributed by atoms with Crippen molar-refractivity contribution in [3.8, 4) is 0 Å². The number of aryl methyl sites for hydroxylation is 1. The highest BCUT2D eigenvalue weighted by Crippen LogP contribution is 2.43. The molecule has 1 aliphatic rings. The summed E-state index contributed by atoms with van der Waals surface area (Å²) in [5, 5.41) is 11.7. The van der Waals surface area contributed by atoms with Crippen molar-refractivity contribution in [2.24, 2.45) is 0 Å². The van der Waals surface area contributed by atoms with E-state index in [0.29, 0.717) is 10.0 Å². The Bertz CT molecular complexity index is 624. The number of benzene rings is 2. The van der Waals surface area contributed by atoms with Crippen LogP contribution in [0.5, 0.6) is 0 Å². The summed E-state index contributed by atoms with van der Waals surface area (Å²) in [6.45, 7) is 0. The molecule has 0 amide bonds. The molecule has 2 aromatic rings. The third kappa shape index (κ3) is 2.46. The molecule has 1 aliphatic carbocycles. The van der Waals surface area contributed by atoms with Gasteiger partial charge >= 0.3 is 0 Å². The SMILES string of the molecule is OC(c1cccc(Cl)c1Cl)C1CCCc2ccccc21. The molecule has 104 valence electrons. The Morgan fingerprint density at radius 3 is 2.70 bits per heavy atom. The molecule has 2 unspecified atom stereocenters. The summed E-state index contributed by atoms with van der Waals surface area (Å²) in [5.41, 5.74) is 3.30. The Balaban J connectivity index is 2.00. The first-order valence-electron chi connectivity index (χ1n) is 6.88. The maximum atomic E-state index is 10.8. The Morgan fingerprint density at radius 2 is 1.85 bits per heavy atom. The summed E-state index contributed by atoms with van der Waals surface area (Å²) in [4.78, 5) is 0. The molecule has 0 saturated carbocycles. The lowest BCUT2D eigenvalue weighted by Gasteiger charge is -2.30. The van der Waals surface area contributed by atoms with Crippen molar-refractivity contribution in [1.29, 1.82) is 0 Å². The molecular weight excluding hydrogens is 291 g/mol. The topological polar surface area (TPSA) is 20.2 Å². The lowest BCUT2D eigenvalue weighted by atomic mass is 9.78. The standard InChI is InChI=1S/C17H16Cl2O/c18-15-10-4-9-14(16(15)19)17(20)13-8-3-6-11-5-1-2-7-12(11)13/h1-2,4-5,7,9-10,13,17,20H,3,6,8H2. The minimum atomic E-state index is -0.609. The number of rotatable bonds is 2. The highest BCUT2D eigenvalue weighted by Gasteiger charge is 2.28. The Morgan fingerprint density at radius 1 is 1.05 bits per heavy atom. The van der Waals surface area contributed by atoms with Gasteiger partial charge in [0.1, 0.15) is 0 Å². The summed E-state index contributed by atoms with van der Waals surface area (Å²) in [6.07, 6.45) is 2.54. The van der Waals surface area contributed by atoms with Gasteiger partial charge in [-0.25, -0.2) is 0 Å². The number of hydrogen-bond acceptors (Lipinski definition) is 1. The van der Waals surface area contributed by atoms with Crippen LogP contribution < -0.4 is 0 Å². The lowest BCUT2D eigenvalue weighted by Crippen LogP contribution is -2.17. The molecule has 0 saturated heterocycles. The van der Waals surface area contributed by atoms with Crippen molar-refractivity contribution < 1.29 is 5.11 Å². The summed E-state index contributed by atoms with van der Waals surface area (Å²) >= 11 is 12.3. The van der Waals surface area contributed by atoms with Gasteiger partial charge in [0.25, 0.3) is 0 Å². The Labute approximate surface area is 129 Å². The van der Waals surface area contributed by atoms with Crippen LogP contribution in [0.1, 0.15) is 41.6 Å². The zero-order valence-electron chi connectivity index (χ0n) is 11.0. The first-order chi connectivity index (χ1) is 9.68. The van der Waals surface area contributed by atoms with Crippen LogP contribution in [0.25, 0.3) is 0 Å². The molecule has 0 radical (unpaired) electrons. The molecule has 0 spiro atoms. The third-order valence-electron chi connectivity index (χ3n) is 4.10. The quantitative estimate of drug-likeness (QED) is 0.814. The summed E-state index contributed by atoms with van der Waals surface area (Å²) in [7, 11) is 0. The van der Waals surface area contributed by atoms with Crippen LogP contribution in [0.2, 0.25) is 10.0 Å². The summed E-state index contributed by atoms with van der Waals surface area (Å²) < 4.78 is 0. The van der Waals surface area contributed by atoms with Crippen LogP contribution in [-0.2, 0) is 6.42 Å². The molecular formula is C17H16Cl2O. The van der Waals surface area contributed by atoms with Crippen LogP contribution >= 0.6 is 23.2 Å². The predicted octanol–water partition coefficient (Wildman–Crippen LogP) is 5.15. The largest absolute Gasteiger partial charge is 0.388 e. The van der Waals surface area contributed by atoms with Gasteiger partial charge in [-0.2, -0.15) is 0 Å². The number of halogens is 2. The zero-order valence-corrected chi connectivity index (χ0v) is 12.5. The first-order valence-corrected chi connectivity index (χ1v) is 7.64. The highest BCUT2D eigenvalue weighted by molar-refractivity contribution is 6.42. The molecule has 0 fully saturated rings. The average molecular weight is 307 g/mol. The monoisotopic (exact) mass is 306 g/mol. The van der Waals surface area contributed by atoms with Crippen LogP contribution in [0.15, 0.2) is 42.5 Å². The molecule has 1 nitrogen and oxygen atoms in total. The van der Waals surface area contributed by atoms with Crippen molar-refractivity contribution in [2.75, 3.05) is 0 Å². The van der Waals surface area contributed by atoms with Gasteiger partial charge in [-0.05, 0) is 36.5 Å². The molecule has 2 atom stereocenters. The summed E-state index contributed by atoms with van der Waals surface area (Å²) in [6, 6.07) is 13.8. The molecule has 0 bridgehead atoms. The molecule has 3 heteroatoms. The van der Waals surface area contributed by atoms with Crippen molar-refractivity contribution in [2.45, 2.75) is 31.3 Å². The Hall–Kier alpha value is -1.02. The third-order valence-corrected chi connectivity index (χ3v) is 4.93. The van der Waals surface area contributed by atoms with Crippen molar-refractivity contribution in [3.05, 3.63) is 69.2 Å². The fourth-order valence-corrected chi connectivity index (χ4v) is 3.50. The number of fused-ring (bicyclic) bond motifs is 1. The van der Waals surface area contributed by atoms with Crippen LogP contribution in [0, 0.1) is 0 Å². The van der Waals surface area contributed by atoms with Crippen molar-refractivity contribution >= 4 is 23.2 Å². The minimum absolute atomic E-state index is 0.0934. The minimum Gasteiger partial charge on any atom is -0.388 e. The van der Waals surface area contributed by atoms with Gasteiger partial charge in [0.05, 0.1) is 16.1 Å². The van der Waals surface area contributed by atoms with E-state index < -0.39 is 6.10 Å². The molecule has 2 aromatic carbocycles. The second kappa shape index (κ2) is 5.77. The van der Waals surface area contributed by atoms with Gasteiger partial charge in [0.15, 0.2) is 0 Å². The van der Waals surface area contributed by atoms with E-state index in [-0.39, 0.29) is 5.92 Å². The van der Waals surface area contributed by atoms with Crippen LogP contribution in [-0.4, -0.2) is 5.11 Å². The number of hydrogen-bond donors (Lipinski definition) is 1. The average Bonchev–Trinajstić information content (AvgIpc) is 2.49. The maximum Gasteiger partial charge on any atom is 0.0873 e. The van der Waals surface area contributed by atoms with E-state index in [1.54, 1.807) is 6.07 Å². The first kappa shape index (κ1) is 13.9. The van der Waals surface area contributed by atoms with E-state index in [0.717, 1.165) is 24.8 Å². The van der Waals surface area contributed by atoms with E-state index >= 15 is 0 Å². The fourth-order valence-electron chi connectivity index (χ4n) is 3.09. The summed E-state index contributed by atoms with van der Waals surface area (Å²) in [5.74, 6) is 0.0934. The predicted molar refractivity (Wildman–Crippen MR) is 83.5 cm³/mol. The molecule has 1 N–H and O–H groups in total. The molecule has 3 rings (SSSR count). The molecule has 20 heavy (non-hydrogen) atoms. The van der Waals surface area contributed by atoms with Crippen LogP contribution in [0.4, 0.5) is 0 Å². The second-order valence-electron chi connectivity index (χ2n) is 5.29. The molecule has 0 heterocycles. The van der Waals surface area contributed by atoms with Gasteiger partial charge in [-0.3, -0.25) is 0 Å². The lowest BCUT2D eigenvalue weighted by molar-refractivity contribution is 0.136. The van der Waals surface area contributed by atoms with Crippen LogP contribution in [0.3, 0.4) is 0 Å². The van der Waals surface area contributed by atoms with Gasteiger partial charge in [-0.15, -0.1) is 0 Å². The smallest absolute Gasteiger partial charge is 0.0873 e. The van der Waals surface area contributed by atoms with E-state index in [1.165, 1.54) is 11.1 Å². The van der Waals surface area contributed by atoms with Gasteiger partial charge in [-0.1, -0.05) is 59.6 Å².